The molecule has 4 heteroatoms. The Hall–Kier alpha value is 0.0969. The van der Waals surface area contributed by atoms with Crippen molar-refractivity contribution < 1.29 is 14.6 Å². The molecule has 1 aliphatic heterocycles. The van der Waals surface area contributed by atoms with Crippen molar-refractivity contribution >= 4 is 8.32 Å². The van der Waals surface area contributed by atoms with Crippen LogP contribution in [-0.2, 0) is 4.74 Å². The van der Waals surface area contributed by atoms with E-state index in [4.69, 9.17) is 4.74 Å². The van der Waals surface area contributed by atoms with Crippen LogP contribution < -0.4 is 0 Å². The van der Waals surface area contributed by atoms with Gasteiger partial charge >= 0.3 is 0 Å². The van der Waals surface area contributed by atoms with E-state index in [-0.39, 0.29) is 17.2 Å². The van der Waals surface area contributed by atoms with Crippen LogP contribution in [-0.4, -0.2) is 37.0 Å². The van der Waals surface area contributed by atoms with Gasteiger partial charge in [0.15, 0.2) is 8.32 Å². The fourth-order valence-electron chi connectivity index (χ4n) is 1.91. The Morgan fingerprint density at radius 1 is 1.38 bits per heavy atom. The summed E-state index contributed by atoms with van der Waals surface area (Å²) >= 11 is 0. The topological polar surface area (TPSA) is 49.7 Å². The summed E-state index contributed by atoms with van der Waals surface area (Å²) in [6.45, 7) is 8.96. The van der Waals surface area contributed by atoms with E-state index in [9.17, 15) is 9.90 Å². The molecule has 0 aromatic carbocycles. The number of hydrogen-bond acceptors (Lipinski definition) is 3. The van der Waals surface area contributed by atoms with Gasteiger partial charge in [-0.15, -0.1) is 0 Å². The lowest BCUT2D eigenvalue weighted by molar-refractivity contribution is -0.0784. The molecule has 0 spiro atoms. The lowest BCUT2D eigenvalue weighted by Gasteiger charge is -2.37. The summed E-state index contributed by atoms with van der Waals surface area (Å²) in [5, 5.41) is 9.77. The zero-order chi connectivity index (χ0) is 12.4. The summed E-state index contributed by atoms with van der Waals surface area (Å²) in [6, 6.07) is 0. The molecule has 0 saturated carbocycles. The predicted molar refractivity (Wildman–Crippen MR) is 68.0 cm³/mol. The summed E-state index contributed by atoms with van der Waals surface area (Å²) in [5.74, 6) is 0. The van der Waals surface area contributed by atoms with E-state index < -0.39 is 8.32 Å². The molecule has 2 atom stereocenters. The predicted octanol–water partition coefficient (Wildman–Crippen LogP) is 2.28. The van der Waals surface area contributed by atoms with E-state index in [0.29, 0.717) is 0 Å². The number of aliphatic hydroxyl groups is 1. The molecule has 1 heterocycles. The second-order valence-corrected chi connectivity index (χ2v) is 10.6. The van der Waals surface area contributed by atoms with Crippen LogP contribution in [0.5, 0.6) is 0 Å². The van der Waals surface area contributed by atoms with Crippen LogP contribution in [0.1, 0.15) is 39.5 Å². The Balaban J connectivity index is 2.44. The Morgan fingerprint density at radius 2 is 2.00 bits per heavy atom. The van der Waals surface area contributed by atoms with Crippen LogP contribution in [0.4, 0.5) is 0 Å². The van der Waals surface area contributed by atoms with Crippen LogP contribution in [0.2, 0.25) is 18.1 Å². The Bertz CT molecular complexity index is 223. The Kier molecular flexibility index (Phi) is 4.57. The van der Waals surface area contributed by atoms with Gasteiger partial charge in [-0.1, -0.05) is 13.8 Å². The average Bonchev–Trinajstić information content (AvgIpc) is 2.15. The highest BCUT2D eigenvalue weighted by atomic mass is 28.4. The standard InChI is InChI=1S/C12H26O3Si/c1-12(2,16(3,4)14)8-7-11-10(13)6-5-9-15-11/h10-11,13-14H,5-9H2,1-4H3/t10-,11+/m0/s1. The first-order valence-corrected chi connectivity index (χ1v) is 9.21. The van der Waals surface area contributed by atoms with Crippen LogP contribution in [0, 0.1) is 0 Å². The van der Waals surface area contributed by atoms with Gasteiger partial charge in [-0.3, -0.25) is 0 Å². The molecule has 0 amide bonds. The van der Waals surface area contributed by atoms with Gasteiger partial charge in [0.05, 0.1) is 12.2 Å². The van der Waals surface area contributed by atoms with Gasteiger partial charge in [-0.05, 0) is 43.8 Å². The first kappa shape index (κ1) is 14.2. The highest BCUT2D eigenvalue weighted by molar-refractivity contribution is 6.72. The maximum Gasteiger partial charge on any atom is 0.188 e. The second kappa shape index (κ2) is 5.17. The highest BCUT2D eigenvalue weighted by Crippen LogP contribution is 2.40. The lowest BCUT2D eigenvalue weighted by Crippen LogP contribution is -2.41. The van der Waals surface area contributed by atoms with Crippen molar-refractivity contribution in [1.29, 1.82) is 0 Å². The molecule has 1 rings (SSSR count). The molecular weight excluding hydrogens is 220 g/mol. The summed E-state index contributed by atoms with van der Waals surface area (Å²) < 4.78 is 5.58. The molecule has 3 nitrogen and oxygen atoms in total. The monoisotopic (exact) mass is 246 g/mol. The molecule has 16 heavy (non-hydrogen) atoms. The maximum atomic E-state index is 10.2. The number of rotatable bonds is 4. The summed E-state index contributed by atoms with van der Waals surface area (Å²) in [7, 11) is -2.13. The minimum Gasteiger partial charge on any atom is -0.432 e. The normalized spacial score (nSPS) is 28.1. The minimum atomic E-state index is -2.13. The number of hydrogen-bond donors (Lipinski definition) is 2. The van der Waals surface area contributed by atoms with E-state index >= 15 is 0 Å². The van der Waals surface area contributed by atoms with Gasteiger partial charge in [-0.2, -0.15) is 0 Å². The second-order valence-electron chi connectivity index (χ2n) is 6.10. The molecule has 2 N–H and O–H groups in total. The van der Waals surface area contributed by atoms with Gasteiger partial charge in [0.2, 0.25) is 0 Å². The quantitative estimate of drug-likeness (QED) is 0.748. The van der Waals surface area contributed by atoms with E-state index in [1.165, 1.54) is 0 Å². The average molecular weight is 246 g/mol. The van der Waals surface area contributed by atoms with E-state index in [1.807, 2.05) is 13.1 Å². The van der Waals surface area contributed by atoms with Crippen molar-refractivity contribution in [1.82, 2.24) is 0 Å². The fraction of sp³-hybridized carbons (Fsp3) is 1.00. The summed E-state index contributed by atoms with van der Waals surface area (Å²) in [6.07, 6.45) is 3.25. The third-order valence-corrected chi connectivity index (χ3v) is 7.68. The first-order chi connectivity index (χ1) is 7.24. The molecule has 1 saturated heterocycles. The molecule has 0 radical (unpaired) electrons. The summed E-state index contributed by atoms with van der Waals surface area (Å²) in [5.41, 5.74) is 0. The number of aliphatic hydroxyl groups excluding tert-OH is 1. The molecule has 1 aliphatic rings. The smallest absolute Gasteiger partial charge is 0.188 e. The molecule has 1 fully saturated rings. The molecule has 0 aromatic rings. The van der Waals surface area contributed by atoms with Crippen LogP contribution in [0.25, 0.3) is 0 Å². The third kappa shape index (κ3) is 3.55. The van der Waals surface area contributed by atoms with Gasteiger partial charge in [0.1, 0.15) is 0 Å². The lowest BCUT2D eigenvalue weighted by atomic mass is 9.97. The molecular formula is C12H26O3Si. The zero-order valence-electron chi connectivity index (χ0n) is 11.0. The first-order valence-electron chi connectivity index (χ1n) is 6.26. The number of ether oxygens (including phenoxy) is 1. The van der Waals surface area contributed by atoms with Gasteiger partial charge < -0.3 is 14.6 Å². The van der Waals surface area contributed by atoms with Crippen LogP contribution in [0.15, 0.2) is 0 Å². The fourth-order valence-corrected chi connectivity index (χ4v) is 2.67. The van der Waals surface area contributed by atoms with E-state index in [2.05, 4.69) is 13.8 Å². The SMILES string of the molecule is CC(C)(CC[C@H]1OCCC[C@@H]1O)[Si](C)(C)O. The van der Waals surface area contributed by atoms with E-state index in [1.54, 1.807) is 0 Å². The third-order valence-electron chi connectivity index (χ3n) is 4.12. The van der Waals surface area contributed by atoms with Crippen molar-refractivity contribution in [3.05, 3.63) is 0 Å². The zero-order valence-corrected chi connectivity index (χ0v) is 12.0. The van der Waals surface area contributed by atoms with Crippen molar-refractivity contribution in [3.63, 3.8) is 0 Å². The Morgan fingerprint density at radius 3 is 2.50 bits per heavy atom. The highest BCUT2D eigenvalue weighted by Gasteiger charge is 2.38. The van der Waals surface area contributed by atoms with Crippen LogP contribution >= 0.6 is 0 Å². The van der Waals surface area contributed by atoms with Crippen LogP contribution in [0.3, 0.4) is 0 Å². The molecule has 0 aliphatic carbocycles. The van der Waals surface area contributed by atoms with Gasteiger partial charge in [0, 0.05) is 6.61 Å². The molecule has 0 bridgehead atoms. The Labute approximate surface area is 100.0 Å². The van der Waals surface area contributed by atoms with E-state index in [0.717, 1.165) is 32.3 Å². The molecule has 0 aromatic heterocycles. The minimum absolute atomic E-state index is 0.0203. The molecule has 96 valence electrons. The molecule has 0 unspecified atom stereocenters. The van der Waals surface area contributed by atoms with Gasteiger partial charge in [-0.25, -0.2) is 0 Å². The van der Waals surface area contributed by atoms with Crippen molar-refractivity contribution in [2.45, 2.75) is 69.9 Å². The van der Waals surface area contributed by atoms with Crippen molar-refractivity contribution in [2.24, 2.45) is 0 Å². The maximum absolute atomic E-state index is 10.2. The van der Waals surface area contributed by atoms with Gasteiger partial charge in [0.25, 0.3) is 0 Å². The summed E-state index contributed by atoms with van der Waals surface area (Å²) in [4.78, 5) is 10.2. The van der Waals surface area contributed by atoms with Crippen molar-refractivity contribution in [3.8, 4) is 0 Å². The largest absolute Gasteiger partial charge is 0.432 e. The van der Waals surface area contributed by atoms with Crippen molar-refractivity contribution in [2.75, 3.05) is 6.61 Å².